The molecule has 0 spiro atoms. The van der Waals surface area contributed by atoms with Gasteiger partial charge in [-0.25, -0.2) is 4.39 Å². The van der Waals surface area contributed by atoms with Crippen molar-refractivity contribution in [2.24, 2.45) is 0 Å². The number of ether oxygens (including phenoxy) is 3. The van der Waals surface area contributed by atoms with Crippen LogP contribution in [0.15, 0.2) is 79.1 Å². The average Bonchev–Trinajstić information content (AvgIpc) is 3.60. The third kappa shape index (κ3) is 7.89. The first-order chi connectivity index (χ1) is 22.8. The Kier molecular flexibility index (Phi) is 9.65. The van der Waals surface area contributed by atoms with Gasteiger partial charge in [0.15, 0.2) is 6.61 Å². The molecule has 0 saturated carbocycles. The van der Waals surface area contributed by atoms with Crippen molar-refractivity contribution in [1.29, 1.82) is 0 Å². The maximum Gasteiger partial charge on any atom is 0.258 e. The molecule has 3 heterocycles. The molecule has 1 fully saturated rings. The maximum absolute atomic E-state index is 14.7. The minimum Gasteiger partial charge on any atom is -0.496 e. The van der Waals surface area contributed by atoms with Crippen molar-refractivity contribution >= 4 is 17.7 Å². The topological polar surface area (TPSA) is 124 Å². The lowest BCUT2D eigenvalue weighted by Crippen LogP contribution is -2.58. The Balaban J connectivity index is 1.29. The third-order valence-electron chi connectivity index (χ3n) is 8.24. The van der Waals surface area contributed by atoms with Crippen LogP contribution in [0, 0.1) is 5.82 Å². The molecule has 0 unspecified atom stereocenters. The van der Waals surface area contributed by atoms with Crippen molar-refractivity contribution in [3.63, 3.8) is 0 Å². The number of benzene rings is 3. The van der Waals surface area contributed by atoms with E-state index in [1.807, 2.05) is 18.3 Å². The van der Waals surface area contributed by atoms with Crippen LogP contribution < -0.4 is 24.8 Å². The van der Waals surface area contributed by atoms with Gasteiger partial charge in [-0.3, -0.25) is 19.1 Å². The molecular weight excluding hydrogens is 605 g/mol. The standard InChI is InChI=1S/C35H36FN5O6/c1-45-31-9-8-25-18-29(31)24-5-2-6-27(17-24)46-22-33(42)37-20-23-15-26(36)19-28(16-23)47-32-10-14-40(21-30(32)39-35(25)44)34(43)7-3-12-41-13-4-11-38-41/h2,4-6,8-9,11,13,15-19,30,32H,3,7,10,12,14,20-22H2,1H3,(H,37,42)(H,39,44)/t30-,32-/m1/s1. The molecule has 3 amide bonds. The smallest absolute Gasteiger partial charge is 0.258 e. The molecule has 1 aromatic heterocycles. The molecule has 12 heteroatoms. The first kappa shape index (κ1) is 31.6. The molecule has 3 aromatic carbocycles. The molecule has 2 atom stereocenters. The van der Waals surface area contributed by atoms with Gasteiger partial charge in [-0.15, -0.1) is 0 Å². The summed E-state index contributed by atoms with van der Waals surface area (Å²) in [7, 11) is 1.55. The molecule has 4 aromatic rings. The Bertz CT molecular complexity index is 1750. The number of nitrogens with one attached hydrogen (secondary N) is 2. The van der Waals surface area contributed by atoms with Gasteiger partial charge in [0.2, 0.25) is 5.91 Å². The molecule has 0 aliphatic carbocycles. The third-order valence-corrected chi connectivity index (χ3v) is 8.24. The molecule has 11 nitrogen and oxygen atoms in total. The second-order valence-corrected chi connectivity index (χ2v) is 11.5. The van der Waals surface area contributed by atoms with Crippen LogP contribution in [0.5, 0.6) is 17.2 Å². The lowest BCUT2D eigenvalue weighted by Gasteiger charge is -2.39. The van der Waals surface area contributed by atoms with Crippen LogP contribution in [0.3, 0.4) is 0 Å². The Morgan fingerprint density at radius 3 is 2.79 bits per heavy atom. The second-order valence-electron chi connectivity index (χ2n) is 11.5. The van der Waals surface area contributed by atoms with Crippen molar-refractivity contribution in [3.8, 4) is 28.4 Å². The molecule has 0 radical (unpaired) electrons. The number of fused-ring (bicyclic) bond motifs is 8. The summed E-state index contributed by atoms with van der Waals surface area (Å²) in [6, 6.07) is 17.7. The van der Waals surface area contributed by atoms with E-state index in [1.165, 1.54) is 12.1 Å². The predicted octanol–water partition coefficient (Wildman–Crippen LogP) is 3.97. The van der Waals surface area contributed by atoms with Crippen LogP contribution in [0.2, 0.25) is 0 Å². The number of likely N-dealkylation sites (tertiary alicyclic amines) is 1. The number of nitrogens with zero attached hydrogens (tertiary/aromatic N) is 3. The minimum atomic E-state index is -0.595. The lowest BCUT2D eigenvalue weighted by atomic mass is 9.99. The van der Waals surface area contributed by atoms with Crippen molar-refractivity contribution in [2.75, 3.05) is 26.8 Å². The molecule has 47 heavy (non-hydrogen) atoms. The predicted molar refractivity (Wildman–Crippen MR) is 170 cm³/mol. The van der Waals surface area contributed by atoms with Gasteiger partial charge >= 0.3 is 0 Å². The summed E-state index contributed by atoms with van der Waals surface area (Å²) in [5.41, 5.74) is 2.26. The summed E-state index contributed by atoms with van der Waals surface area (Å²) in [5, 5.41) is 10.0. The number of halogens is 1. The number of methoxy groups -OCH3 is 1. The van der Waals surface area contributed by atoms with E-state index in [0.29, 0.717) is 60.5 Å². The summed E-state index contributed by atoms with van der Waals surface area (Å²) in [6.45, 7) is 1.07. The Labute approximate surface area is 271 Å². The normalized spacial score (nSPS) is 18.2. The number of aryl methyl sites for hydroxylation is 1. The summed E-state index contributed by atoms with van der Waals surface area (Å²) in [5.74, 6) is -0.0336. The fraction of sp³-hybridized carbons (Fsp3) is 0.314. The van der Waals surface area contributed by atoms with Crippen molar-refractivity contribution < 1.29 is 33.0 Å². The lowest BCUT2D eigenvalue weighted by molar-refractivity contribution is -0.133. The number of carbonyl (C=O) groups is 3. The average molecular weight is 642 g/mol. The fourth-order valence-corrected chi connectivity index (χ4v) is 5.87. The quantitative estimate of drug-likeness (QED) is 0.338. The van der Waals surface area contributed by atoms with Gasteiger partial charge in [-0.2, -0.15) is 5.10 Å². The van der Waals surface area contributed by atoms with Gasteiger partial charge in [0.25, 0.3) is 11.8 Å². The Morgan fingerprint density at radius 1 is 1.06 bits per heavy atom. The Morgan fingerprint density at radius 2 is 1.96 bits per heavy atom. The number of piperidine rings is 1. The number of aromatic nitrogens is 2. The Hall–Kier alpha value is -5.39. The highest BCUT2D eigenvalue weighted by Gasteiger charge is 2.34. The fourth-order valence-electron chi connectivity index (χ4n) is 5.87. The SMILES string of the molecule is COc1ccc2cc1-c1cccc(c1)OCC(=O)NCc1cc(F)cc(c1)O[C@@H]1CCN(C(=O)CCCn3cccn3)C[C@H]1NC2=O. The number of carbonyl (C=O) groups excluding carboxylic acids is 3. The van der Waals surface area contributed by atoms with E-state index >= 15 is 0 Å². The zero-order chi connectivity index (χ0) is 32.8. The number of rotatable bonds is 5. The van der Waals surface area contributed by atoms with Gasteiger partial charge in [0.1, 0.15) is 29.2 Å². The van der Waals surface area contributed by atoms with Crippen LogP contribution in [0.4, 0.5) is 4.39 Å². The highest BCUT2D eigenvalue weighted by molar-refractivity contribution is 5.96. The largest absolute Gasteiger partial charge is 0.496 e. The maximum atomic E-state index is 14.7. The van der Waals surface area contributed by atoms with Crippen molar-refractivity contribution in [3.05, 3.63) is 96.1 Å². The van der Waals surface area contributed by atoms with E-state index < -0.39 is 18.0 Å². The van der Waals surface area contributed by atoms with Crippen LogP contribution >= 0.6 is 0 Å². The first-order valence-corrected chi connectivity index (χ1v) is 15.5. The van der Waals surface area contributed by atoms with Gasteiger partial charge < -0.3 is 29.7 Å². The summed E-state index contributed by atoms with van der Waals surface area (Å²) >= 11 is 0. The van der Waals surface area contributed by atoms with Crippen molar-refractivity contribution in [1.82, 2.24) is 25.3 Å². The highest BCUT2D eigenvalue weighted by atomic mass is 19.1. The molecule has 2 aliphatic heterocycles. The zero-order valence-electron chi connectivity index (χ0n) is 26.0. The molecule has 2 aliphatic rings. The first-order valence-electron chi connectivity index (χ1n) is 15.5. The minimum absolute atomic E-state index is 0.0296. The van der Waals surface area contributed by atoms with Crippen molar-refractivity contribution in [2.45, 2.75) is 44.5 Å². The molecule has 6 rings (SSSR count). The van der Waals surface area contributed by atoms with Gasteiger partial charge in [-0.05, 0) is 66.1 Å². The summed E-state index contributed by atoms with van der Waals surface area (Å²) < 4.78 is 34.1. The molecule has 244 valence electrons. The van der Waals surface area contributed by atoms with Gasteiger partial charge in [-0.1, -0.05) is 12.1 Å². The number of amides is 3. The van der Waals surface area contributed by atoms with E-state index in [-0.39, 0.29) is 43.2 Å². The second kappa shape index (κ2) is 14.4. The van der Waals surface area contributed by atoms with Crippen LogP contribution in [-0.2, 0) is 22.7 Å². The molecule has 1 saturated heterocycles. The van der Waals surface area contributed by atoms with Gasteiger partial charge in [0, 0.05) is 68.6 Å². The summed E-state index contributed by atoms with van der Waals surface area (Å²) in [4.78, 5) is 41.4. The molecule has 2 N–H and O–H groups in total. The molecule has 6 bridgehead atoms. The van der Waals surface area contributed by atoms with Crippen LogP contribution in [0.1, 0.15) is 35.2 Å². The van der Waals surface area contributed by atoms with Crippen LogP contribution in [0.25, 0.3) is 11.1 Å². The summed E-state index contributed by atoms with van der Waals surface area (Å²) in [6.07, 6.45) is 4.36. The van der Waals surface area contributed by atoms with E-state index in [0.717, 1.165) is 5.56 Å². The highest BCUT2D eigenvalue weighted by Crippen LogP contribution is 2.33. The number of hydrogen-bond donors (Lipinski definition) is 2. The van der Waals surface area contributed by atoms with E-state index in [1.54, 1.807) is 65.4 Å². The molecular formula is C35H36FN5O6. The van der Waals surface area contributed by atoms with E-state index in [4.69, 9.17) is 14.2 Å². The van der Waals surface area contributed by atoms with Crippen LogP contribution in [-0.4, -0.2) is 71.4 Å². The monoisotopic (exact) mass is 641 g/mol. The number of hydrogen-bond acceptors (Lipinski definition) is 7. The van der Waals surface area contributed by atoms with E-state index in [9.17, 15) is 18.8 Å². The van der Waals surface area contributed by atoms with E-state index in [2.05, 4.69) is 15.7 Å². The van der Waals surface area contributed by atoms with Gasteiger partial charge in [0.05, 0.1) is 13.2 Å². The zero-order valence-corrected chi connectivity index (χ0v) is 26.0.